The Balaban J connectivity index is 5.11. The highest BCUT2D eigenvalue weighted by Crippen LogP contribution is 2.56. The summed E-state index contributed by atoms with van der Waals surface area (Å²) in [5, 5.41) is -5.50. The third-order valence-electron chi connectivity index (χ3n) is 1.90. The van der Waals surface area contributed by atoms with Crippen molar-refractivity contribution in [2.75, 3.05) is 5.75 Å². The van der Waals surface area contributed by atoms with E-state index in [0.29, 0.717) is 6.42 Å². The fraction of sp³-hybridized carbons (Fsp3) is 1.00. The molecule has 0 fully saturated rings. The van der Waals surface area contributed by atoms with Gasteiger partial charge in [-0.25, -0.2) is 0 Å². The minimum atomic E-state index is -6.79. The van der Waals surface area contributed by atoms with Gasteiger partial charge in [-0.15, -0.1) is 0 Å². The van der Waals surface area contributed by atoms with E-state index in [1.54, 1.807) is 0 Å². The van der Waals surface area contributed by atoms with Crippen molar-refractivity contribution in [2.24, 2.45) is 0 Å². The predicted molar refractivity (Wildman–Crippen MR) is 48.3 cm³/mol. The first kappa shape index (κ1) is 17.7. The summed E-state index contributed by atoms with van der Waals surface area (Å²) in [4.78, 5) is 0. The Morgan fingerprint density at radius 3 is 1.56 bits per heavy atom. The van der Waals surface area contributed by atoms with E-state index in [-0.39, 0.29) is 6.42 Å². The second-order valence-corrected chi connectivity index (χ2v) is 4.57. The highest BCUT2D eigenvalue weighted by Gasteiger charge is 2.81. The van der Waals surface area contributed by atoms with E-state index in [9.17, 15) is 39.5 Å². The molecule has 0 amide bonds. The lowest BCUT2D eigenvalue weighted by molar-refractivity contribution is -0.381. The molecule has 0 bridgehead atoms. The number of alkyl halides is 9. The second kappa shape index (κ2) is 5.38. The number of hydrogen-bond donors (Lipinski definition) is 0. The minimum Gasteiger partial charge on any atom is -0.191 e. The molecule has 0 spiro atoms. The van der Waals surface area contributed by atoms with Gasteiger partial charge < -0.3 is 0 Å². The van der Waals surface area contributed by atoms with Gasteiger partial charge >= 0.3 is 23.3 Å². The summed E-state index contributed by atoms with van der Waals surface area (Å²) in [5.41, 5.74) is 0. The molecule has 0 aromatic rings. The fourth-order valence-corrected chi connectivity index (χ4v) is 1.79. The lowest BCUT2D eigenvalue weighted by Gasteiger charge is -2.33. The average Bonchev–Trinajstić information content (AvgIpc) is 2.15. The molecule has 0 unspecified atom stereocenters. The third-order valence-corrected chi connectivity index (χ3v) is 3.01. The SMILES string of the molecule is CCCCSC(F)(F)C(F)(F)C(F)(F)C(F)(F)F. The van der Waals surface area contributed by atoms with Crippen LogP contribution in [0.1, 0.15) is 19.8 Å². The summed E-state index contributed by atoms with van der Waals surface area (Å²) < 4.78 is 111. The van der Waals surface area contributed by atoms with E-state index < -0.39 is 40.8 Å². The molecule has 0 saturated carbocycles. The standard InChI is InChI=1S/C8H9F9S/c1-2-3-4-18-8(16,17)6(11,12)5(9,10)7(13,14)15/h2-4H2,1H3. The van der Waals surface area contributed by atoms with Gasteiger partial charge in [0.05, 0.1) is 0 Å². The maximum absolute atomic E-state index is 12.8. The zero-order chi connectivity index (χ0) is 14.8. The van der Waals surface area contributed by atoms with Gasteiger partial charge in [-0.05, 0) is 12.2 Å². The van der Waals surface area contributed by atoms with Gasteiger partial charge in [-0.3, -0.25) is 0 Å². The lowest BCUT2D eigenvalue weighted by atomic mass is 10.1. The van der Waals surface area contributed by atoms with Gasteiger partial charge in [0.15, 0.2) is 0 Å². The molecular weight excluding hydrogens is 299 g/mol. The van der Waals surface area contributed by atoms with Gasteiger partial charge in [0.2, 0.25) is 0 Å². The van der Waals surface area contributed by atoms with Crippen molar-refractivity contribution in [1.82, 2.24) is 0 Å². The van der Waals surface area contributed by atoms with Crippen molar-refractivity contribution in [1.29, 1.82) is 0 Å². The number of halogens is 9. The van der Waals surface area contributed by atoms with Crippen molar-refractivity contribution in [3.8, 4) is 0 Å². The summed E-state index contributed by atoms with van der Waals surface area (Å²) in [6.45, 7) is 1.52. The van der Waals surface area contributed by atoms with E-state index in [1.165, 1.54) is 6.92 Å². The maximum Gasteiger partial charge on any atom is 0.460 e. The molecule has 0 aliphatic rings. The molecule has 0 aliphatic carbocycles. The normalized spacial score (nSPS) is 15.0. The summed E-state index contributed by atoms with van der Waals surface area (Å²) in [6.07, 6.45) is -6.44. The second-order valence-electron chi connectivity index (χ2n) is 3.37. The molecule has 0 aliphatic heterocycles. The molecule has 0 nitrogen and oxygen atoms in total. The van der Waals surface area contributed by atoms with Crippen LogP contribution in [0.4, 0.5) is 39.5 Å². The van der Waals surface area contributed by atoms with Crippen molar-refractivity contribution in [3.63, 3.8) is 0 Å². The monoisotopic (exact) mass is 308 g/mol. The first-order valence-corrected chi connectivity index (χ1v) is 5.64. The largest absolute Gasteiger partial charge is 0.460 e. The molecule has 0 radical (unpaired) electrons. The first-order chi connectivity index (χ1) is 7.81. The summed E-state index contributed by atoms with van der Waals surface area (Å²) in [6, 6.07) is 0. The van der Waals surface area contributed by atoms with Crippen molar-refractivity contribution in [2.45, 2.75) is 43.0 Å². The number of hydrogen-bond acceptors (Lipinski definition) is 1. The molecule has 18 heavy (non-hydrogen) atoms. The summed E-state index contributed by atoms with van der Waals surface area (Å²) >= 11 is -0.910. The molecule has 0 heterocycles. The smallest absolute Gasteiger partial charge is 0.191 e. The molecule has 0 aromatic carbocycles. The summed E-state index contributed by atoms with van der Waals surface area (Å²) in [7, 11) is 0. The third kappa shape index (κ3) is 3.18. The molecule has 0 rings (SSSR count). The van der Waals surface area contributed by atoms with Crippen LogP contribution in [0.25, 0.3) is 0 Å². The van der Waals surface area contributed by atoms with Crippen LogP contribution in [-0.2, 0) is 0 Å². The first-order valence-electron chi connectivity index (χ1n) is 4.65. The van der Waals surface area contributed by atoms with Gasteiger partial charge in [-0.1, -0.05) is 25.1 Å². The molecule has 110 valence electrons. The Hall–Kier alpha value is -0.280. The molecular formula is C8H9F9S. The van der Waals surface area contributed by atoms with Crippen LogP contribution in [0.3, 0.4) is 0 Å². The predicted octanol–water partition coefficient (Wildman–Crippen LogP) is 4.95. The van der Waals surface area contributed by atoms with E-state index in [4.69, 9.17) is 0 Å². The topological polar surface area (TPSA) is 0 Å². The van der Waals surface area contributed by atoms with E-state index in [2.05, 4.69) is 0 Å². The Bertz CT molecular complexity index is 270. The average molecular weight is 308 g/mol. The molecule has 0 saturated heterocycles. The Labute approximate surface area is 101 Å². The van der Waals surface area contributed by atoms with Crippen LogP contribution in [0.15, 0.2) is 0 Å². The maximum atomic E-state index is 12.8. The van der Waals surface area contributed by atoms with Crippen molar-refractivity contribution in [3.05, 3.63) is 0 Å². The molecule has 10 heteroatoms. The minimum absolute atomic E-state index is 0.00603. The zero-order valence-electron chi connectivity index (χ0n) is 8.93. The van der Waals surface area contributed by atoms with Crippen LogP contribution in [-0.4, -0.2) is 29.0 Å². The molecule has 0 N–H and O–H groups in total. The van der Waals surface area contributed by atoms with Gasteiger partial charge in [0, 0.05) is 0 Å². The fourth-order valence-electron chi connectivity index (χ4n) is 0.796. The highest BCUT2D eigenvalue weighted by molar-refractivity contribution is 8.00. The Kier molecular flexibility index (Phi) is 5.29. The lowest BCUT2D eigenvalue weighted by Crippen LogP contribution is -2.59. The van der Waals surface area contributed by atoms with Crippen LogP contribution >= 0.6 is 11.8 Å². The Morgan fingerprint density at radius 2 is 1.22 bits per heavy atom. The van der Waals surface area contributed by atoms with Gasteiger partial charge in [0.1, 0.15) is 0 Å². The molecule has 0 aromatic heterocycles. The van der Waals surface area contributed by atoms with E-state index in [0.717, 1.165) is 0 Å². The summed E-state index contributed by atoms with van der Waals surface area (Å²) in [5.74, 6) is -13.9. The number of unbranched alkanes of at least 4 members (excludes halogenated alkanes) is 1. The number of rotatable bonds is 6. The van der Waals surface area contributed by atoms with Crippen molar-refractivity contribution < 1.29 is 39.5 Å². The van der Waals surface area contributed by atoms with Gasteiger partial charge in [-0.2, -0.15) is 39.5 Å². The number of thioether (sulfide) groups is 1. The van der Waals surface area contributed by atoms with Gasteiger partial charge in [0.25, 0.3) is 0 Å². The zero-order valence-corrected chi connectivity index (χ0v) is 9.75. The van der Waals surface area contributed by atoms with Crippen LogP contribution in [0.2, 0.25) is 0 Å². The van der Waals surface area contributed by atoms with E-state index in [1.807, 2.05) is 0 Å². The molecule has 0 atom stereocenters. The quantitative estimate of drug-likeness (QED) is 0.494. The van der Waals surface area contributed by atoms with Crippen LogP contribution in [0, 0.1) is 0 Å². The highest BCUT2D eigenvalue weighted by atomic mass is 32.2. The van der Waals surface area contributed by atoms with Crippen LogP contribution < -0.4 is 0 Å². The van der Waals surface area contributed by atoms with E-state index >= 15 is 0 Å². The van der Waals surface area contributed by atoms with Crippen LogP contribution in [0.5, 0.6) is 0 Å². The Morgan fingerprint density at radius 1 is 0.778 bits per heavy atom. The van der Waals surface area contributed by atoms with Crippen molar-refractivity contribution >= 4 is 11.8 Å².